The maximum atomic E-state index is 12.2. The molecule has 7 fully saturated rings. The van der Waals surface area contributed by atoms with E-state index in [0.717, 1.165) is 32.1 Å². The number of aliphatic hydroxyl groups is 7. The van der Waals surface area contributed by atoms with Crippen molar-refractivity contribution in [1.29, 1.82) is 0 Å². The summed E-state index contributed by atoms with van der Waals surface area (Å²) in [5, 5.41) is 77.9. The summed E-state index contributed by atoms with van der Waals surface area (Å²) in [5.74, 6) is -1.92. The van der Waals surface area contributed by atoms with Crippen LogP contribution in [0.1, 0.15) is 92.9 Å². The molecule has 5 aliphatic carbocycles. The van der Waals surface area contributed by atoms with Gasteiger partial charge in [0, 0.05) is 16.7 Å². The van der Waals surface area contributed by atoms with Crippen LogP contribution in [0.3, 0.4) is 0 Å². The summed E-state index contributed by atoms with van der Waals surface area (Å²) in [7, 11) is 0. The molecule has 7 N–H and O–H groups in total. The number of ether oxygens (including phenoxy) is 3. The van der Waals surface area contributed by atoms with E-state index in [1.807, 2.05) is 0 Å². The first-order chi connectivity index (χ1) is 19.8. The second-order valence-electron chi connectivity index (χ2n) is 17.2. The second-order valence-corrected chi connectivity index (χ2v) is 17.2. The highest BCUT2D eigenvalue weighted by molar-refractivity contribution is 5.35. The number of fused-ring (bicyclic) bond motifs is 4. The minimum Gasteiger partial charge on any atom is -0.393 e. The van der Waals surface area contributed by atoms with Crippen molar-refractivity contribution >= 4 is 0 Å². The predicted octanol–water partition coefficient (Wildman–Crippen LogP) is 1.44. The van der Waals surface area contributed by atoms with E-state index >= 15 is 0 Å². The monoisotopic (exact) mass is 610 g/mol. The van der Waals surface area contributed by atoms with Crippen molar-refractivity contribution in [3.05, 3.63) is 0 Å². The predicted molar refractivity (Wildman–Crippen MR) is 153 cm³/mol. The summed E-state index contributed by atoms with van der Waals surface area (Å²) in [5.41, 5.74) is -3.20. The van der Waals surface area contributed by atoms with E-state index < -0.39 is 71.0 Å². The van der Waals surface area contributed by atoms with Crippen LogP contribution in [0.25, 0.3) is 0 Å². The van der Waals surface area contributed by atoms with Crippen LogP contribution in [0.4, 0.5) is 0 Å². The summed E-state index contributed by atoms with van der Waals surface area (Å²) in [6, 6.07) is 0. The van der Waals surface area contributed by atoms with Crippen LogP contribution in [0.5, 0.6) is 0 Å². The van der Waals surface area contributed by atoms with Gasteiger partial charge in [-0.2, -0.15) is 0 Å². The Morgan fingerprint density at radius 3 is 2.12 bits per heavy atom. The molecular weight excluding hydrogens is 556 g/mol. The van der Waals surface area contributed by atoms with Crippen LogP contribution in [-0.4, -0.2) is 103 Å². The van der Waals surface area contributed by atoms with Gasteiger partial charge in [-0.15, -0.1) is 0 Å². The fourth-order valence-electron chi connectivity index (χ4n) is 12.7. The first-order valence-electron chi connectivity index (χ1n) is 16.6. The van der Waals surface area contributed by atoms with Crippen LogP contribution in [-0.2, 0) is 14.2 Å². The van der Waals surface area contributed by atoms with Gasteiger partial charge in [-0.05, 0) is 93.3 Å². The van der Waals surface area contributed by atoms with Crippen LogP contribution in [0.15, 0.2) is 0 Å². The molecular formula is C33H54O10. The van der Waals surface area contributed by atoms with Gasteiger partial charge in [0.05, 0.1) is 30.5 Å². The van der Waals surface area contributed by atoms with E-state index in [1.165, 1.54) is 0 Å². The van der Waals surface area contributed by atoms with E-state index in [9.17, 15) is 35.7 Å². The molecule has 0 aromatic heterocycles. The van der Waals surface area contributed by atoms with E-state index in [1.54, 1.807) is 13.8 Å². The molecule has 0 unspecified atom stereocenters. The van der Waals surface area contributed by atoms with Gasteiger partial charge in [-0.25, -0.2) is 0 Å². The lowest BCUT2D eigenvalue weighted by Crippen LogP contribution is -2.64. The molecule has 10 heteroatoms. The number of hydrogen-bond donors (Lipinski definition) is 7. The summed E-state index contributed by atoms with van der Waals surface area (Å²) >= 11 is 0. The summed E-state index contributed by atoms with van der Waals surface area (Å²) < 4.78 is 18.3. The van der Waals surface area contributed by atoms with Gasteiger partial charge in [0.15, 0.2) is 12.1 Å². The highest BCUT2D eigenvalue weighted by Crippen LogP contribution is 2.89. The summed E-state index contributed by atoms with van der Waals surface area (Å²) in [6.07, 6.45) is -1.49. The lowest BCUT2D eigenvalue weighted by atomic mass is 9.41. The first kappa shape index (κ1) is 31.2. The lowest BCUT2D eigenvalue weighted by Gasteiger charge is -2.64. The molecule has 246 valence electrons. The highest BCUT2D eigenvalue weighted by Gasteiger charge is 2.88. The minimum absolute atomic E-state index is 0.0288. The molecule has 0 amide bonds. The molecule has 0 aromatic rings. The van der Waals surface area contributed by atoms with Crippen LogP contribution in [0.2, 0.25) is 0 Å². The minimum atomic E-state index is -1.85. The Balaban J connectivity index is 1.19. The van der Waals surface area contributed by atoms with E-state index in [0.29, 0.717) is 19.3 Å². The first-order valence-corrected chi connectivity index (χ1v) is 16.6. The molecule has 2 saturated heterocycles. The Kier molecular flexibility index (Phi) is 6.64. The van der Waals surface area contributed by atoms with Gasteiger partial charge in [0.1, 0.15) is 24.4 Å². The molecule has 2 heterocycles. The van der Waals surface area contributed by atoms with E-state index in [4.69, 9.17) is 14.2 Å². The SMILES string of the molecule is CC(C)(O)[C@H]1CC[C@H]2[C@](O)(O1)[C@H](O)[C@@]1(C)[C@@H]3CC[C@@H]4C(C)(C)[C@H](O[C@@H]5OC[C@@H](O)[C@H](O)[C@H]5O)CC[C@]45C[C@]35C[C@@H](O)[C@]21C. The van der Waals surface area contributed by atoms with Gasteiger partial charge in [-0.3, -0.25) is 0 Å². The highest BCUT2D eigenvalue weighted by atomic mass is 16.7. The number of rotatable bonds is 3. The Morgan fingerprint density at radius 2 is 1.44 bits per heavy atom. The largest absolute Gasteiger partial charge is 0.393 e. The smallest absolute Gasteiger partial charge is 0.196 e. The van der Waals surface area contributed by atoms with Crippen LogP contribution < -0.4 is 0 Å². The maximum Gasteiger partial charge on any atom is 0.196 e. The fourth-order valence-corrected chi connectivity index (χ4v) is 12.7. The Bertz CT molecular complexity index is 1140. The van der Waals surface area contributed by atoms with Crippen LogP contribution >= 0.6 is 0 Å². The molecule has 2 spiro atoms. The third-order valence-electron chi connectivity index (χ3n) is 15.1. The van der Waals surface area contributed by atoms with Gasteiger partial charge >= 0.3 is 0 Å². The molecule has 7 rings (SSSR count). The average molecular weight is 611 g/mol. The molecule has 43 heavy (non-hydrogen) atoms. The van der Waals surface area contributed by atoms with Crippen LogP contribution in [0, 0.1) is 44.8 Å². The summed E-state index contributed by atoms with van der Waals surface area (Å²) in [6.45, 7) is 11.8. The van der Waals surface area contributed by atoms with Gasteiger partial charge < -0.3 is 50.0 Å². The third-order valence-corrected chi connectivity index (χ3v) is 15.1. The topological polar surface area (TPSA) is 169 Å². The van der Waals surface area contributed by atoms with Crippen molar-refractivity contribution in [2.75, 3.05) is 6.61 Å². The van der Waals surface area contributed by atoms with Crippen molar-refractivity contribution in [3.8, 4) is 0 Å². The van der Waals surface area contributed by atoms with Crippen molar-refractivity contribution in [3.63, 3.8) is 0 Å². The van der Waals surface area contributed by atoms with Crippen molar-refractivity contribution < 1.29 is 50.0 Å². The fraction of sp³-hybridized carbons (Fsp3) is 1.00. The normalized spacial score (nSPS) is 60.6. The molecule has 10 nitrogen and oxygen atoms in total. The maximum absolute atomic E-state index is 12.2. The quantitative estimate of drug-likeness (QED) is 0.232. The standard InChI is InChI=1S/C33H54O10/c1-27(2)17-7-8-18-30(6)26(38)33(40)19(9-10-22(43-33)28(3,4)39)29(30,5)20(35)13-32(18)15-31(17,32)12-11-21(27)42-25-24(37)23(36)16(34)14-41-25/h16-26,34-40H,7-15H2,1-6H3/t16-,17-,18+,19-,20-,21-,22-,23+,24-,25+,26-,29+,30-,31+,32-,33+/m1/s1. The Morgan fingerprint density at radius 1 is 0.791 bits per heavy atom. The number of hydrogen-bond acceptors (Lipinski definition) is 10. The summed E-state index contributed by atoms with van der Waals surface area (Å²) in [4.78, 5) is 0. The zero-order chi connectivity index (χ0) is 31.3. The number of aliphatic hydroxyl groups excluding tert-OH is 5. The van der Waals surface area contributed by atoms with Gasteiger partial charge in [0.25, 0.3) is 0 Å². The lowest BCUT2D eigenvalue weighted by molar-refractivity contribution is -0.334. The molecule has 16 atom stereocenters. The zero-order valence-corrected chi connectivity index (χ0v) is 26.6. The second kappa shape index (κ2) is 9.14. The molecule has 0 bridgehead atoms. The van der Waals surface area contributed by atoms with Gasteiger partial charge in [0.2, 0.25) is 0 Å². The van der Waals surface area contributed by atoms with Crippen molar-refractivity contribution in [2.24, 2.45) is 44.8 Å². The molecule has 7 aliphatic rings. The molecule has 0 radical (unpaired) electrons. The van der Waals surface area contributed by atoms with E-state index in [-0.39, 0.29) is 40.8 Å². The third kappa shape index (κ3) is 3.60. The Labute approximate surface area is 254 Å². The van der Waals surface area contributed by atoms with Gasteiger partial charge in [-0.1, -0.05) is 27.7 Å². The zero-order valence-electron chi connectivity index (χ0n) is 26.6. The van der Waals surface area contributed by atoms with Crippen molar-refractivity contribution in [2.45, 2.75) is 153 Å². The van der Waals surface area contributed by atoms with Crippen molar-refractivity contribution in [1.82, 2.24) is 0 Å². The molecule has 0 aromatic carbocycles. The average Bonchev–Trinajstić information content (AvgIpc) is 3.55. The Hall–Kier alpha value is -0.400. The molecule has 2 aliphatic heterocycles. The molecule has 5 saturated carbocycles. The van der Waals surface area contributed by atoms with E-state index in [2.05, 4.69) is 27.7 Å².